The second-order valence-corrected chi connectivity index (χ2v) is 4.71. The first-order chi connectivity index (χ1) is 6.03. The topological polar surface area (TPSA) is 43.8 Å². The predicted molar refractivity (Wildman–Crippen MR) is 52.3 cm³/mol. The molecule has 3 heteroatoms. The summed E-state index contributed by atoms with van der Waals surface area (Å²) >= 11 is 0. The molecule has 13 heavy (non-hydrogen) atoms. The van der Waals surface area contributed by atoms with Gasteiger partial charge >= 0.3 is 0 Å². The van der Waals surface area contributed by atoms with E-state index in [0.29, 0.717) is 12.0 Å². The summed E-state index contributed by atoms with van der Waals surface area (Å²) in [6.45, 7) is 5.22. The lowest BCUT2D eigenvalue weighted by atomic mass is 9.95. The van der Waals surface area contributed by atoms with Crippen LogP contribution in [0.2, 0.25) is 0 Å². The highest BCUT2D eigenvalue weighted by Gasteiger charge is 2.63. The third kappa shape index (κ3) is 0.967. The number of rotatable bonds is 2. The third-order valence-electron chi connectivity index (χ3n) is 3.51. The van der Waals surface area contributed by atoms with Crippen LogP contribution in [-0.2, 0) is 12.5 Å². The Kier molecular flexibility index (Phi) is 1.58. The molecule has 1 unspecified atom stereocenters. The molecule has 0 aromatic carbocycles. The van der Waals surface area contributed by atoms with Crippen molar-refractivity contribution in [2.24, 2.45) is 18.2 Å². The molecule has 1 aliphatic carbocycles. The van der Waals surface area contributed by atoms with Gasteiger partial charge in [-0.1, -0.05) is 13.8 Å². The molecule has 1 aliphatic rings. The zero-order valence-electron chi connectivity index (χ0n) is 8.54. The first-order valence-electron chi connectivity index (χ1n) is 4.71. The maximum absolute atomic E-state index is 5.85. The summed E-state index contributed by atoms with van der Waals surface area (Å²) in [4.78, 5) is 4.40. The molecule has 1 aromatic heterocycles. The highest BCUT2D eigenvalue weighted by atomic mass is 15.1. The smallest absolute Gasteiger partial charge is 0.116 e. The fourth-order valence-electron chi connectivity index (χ4n) is 2.36. The highest BCUT2D eigenvalue weighted by Crippen LogP contribution is 2.62. The van der Waals surface area contributed by atoms with Crippen LogP contribution in [0.15, 0.2) is 12.4 Å². The summed E-state index contributed by atoms with van der Waals surface area (Å²) in [6, 6.07) is 0. The molecule has 2 N–H and O–H groups in total. The fraction of sp³-hybridized carbons (Fsp3) is 0.700. The summed E-state index contributed by atoms with van der Waals surface area (Å²) in [5, 5.41) is 0. The van der Waals surface area contributed by atoms with Crippen LogP contribution >= 0.6 is 0 Å². The van der Waals surface area contributed by atoms with Crippen LogP contribution in [0.25, 0.3) is 0 Å². The van der Waals surface area contributed by atoms with Crippen molar-refractivity contribution in [3.63, 3.8) is 0 Å². The van der Waals surface area contributed by atoms with Gasteiger partial charge in [-0.25, -0.2) is 4.98 Å². The molecule has 0 spiro atoms. The molecule has 1 heterocycles. The number of nitrogens with zero attached hydrogens (tertiary/aromatic N) is 2. The van der Waals surface area contributed by atoms with Crippen molar-refractivity contribution in [2.75, 3.05) is 6.54 Å². The van der Waals surface area contributed by atoms with Crippen LogP contribution in [0, 0.1) is 5.41 Å². The van der Waals surface area contributed by atoms with Gasteiger partial charge in [-0.2, -0.15) is 0 Å². The maximum Gasteiger partial charge on any atom is 0.116 e. The lowest BCUT2D eigenvalue weighted by molar-refractivity contribution is 0.470. The average molecular weight is 179 g/mol. The second kappa shape index (κ2) is 2.35. The first kappa shape index (κ1) is 8.75. The number of nitrogens with two attached hydrogens (primary N) is 1. The zero-order valence-corrected chi connectivity index (χ0v) is 8.54. The van der Waals surface area contributed by atoms with Gasteiger partial charge < -0.3 is 10.3 Å². The summed E-state index contributed by atoms with van der Waals surface area (Å²) in [5.74, 6) is 1.14. The van der Waals surface area contributed by atoms with E-state index < -0.39 is 0 Å². The van der Waals surface area contributed by atoms with Crippen molar-refractivity contribution in [3.8, 4) is 0 Å². The summed E-state index contributed by atoms with van der Waals surface area (Å²) in [7, 11) is 2.04. The molecule has 1 atom stereocenters. The lowest BCUT2D eigenvalue weighted by Gasteiger charge is -2.17. The van der Waals surface area contributed by atoms with Gasteiger partial charge in [0.05, 0.1) is 0 Å². The van der Waals surface area contributed by atoms with E-state index in [9.17, 15) is 0 Å². The largest absolute Gasteiger partial charge is 0.337 e. The summed E-state index contributed by atoms with van der Waals surface area (Å²) in [6.07, 6.45) is 4.99. The molecule has 2 rings (SSSR count). The zero-order chi connectivity index (χ0) is 9.69. The van der Waals surface area contributed by atoms with Crippen molar-refractivity contribution >= 4 is 0 Å². The van der Waals surface area contributed by atoms with Gasteiger partial charge in [0.25, 0.3) is 0 Å². The molecule has 3 nitrogen and oxygen atoms in total. The number of hydrogen-bond acceptors (Lipinski definition) is 2. The molecule has 1 fully saturated rings. The monoisotopic (exact) mass is 179 g/mol. The first-order valence-corrected chi connectivity index (χ1v) is 4.71. The van der Waals surface area contributed by atoms with E-state index in [1.54, 1.807) is 0 Å². The van der Waals surface area contributed by atoms with Crippen LogP contribution in [0.1, 0.15) is 26.1 Å². The van der Waals surface area contributed by atoms with Crippen molar-refractivity contribution in [1.29, 1.82) is 0 Å². The quantitative estimate of drug-likeness (QED) is 0.737. The molecule has 72 valence electrons. The maximum atomic E-state index is 5.85. The van der Waals surface area contributed by atoms with Gasteiger partial charge in [0, 0.05) is 31.4 Å². The van der Waals surface area contributed by atoms with E-state index in [1.165, 1.54) is 0 Å². The van der Waals surface area contributed by atoms with Crippen molar-refractivity contribution in [2.45, 2.75) is 25.7 Å². The molecule has 0 amide bonds. The summed E-state index contributed by atoms with van der Waals surface area (Å²) < 4.78 is 2.08. The Morgan fingerprint density at radius 1 is 1.62 bits per heavy atom. The van der Waals surface area contributed by atoms with Crippen LogP contribution in [0.3, 0.4) is 0 Å². The SMILES string of the molecule is Cn1ccnc1C1(CN)CC1(C)C. The predicted octanol–water partition coefficient (Wildman–Crippen LogP) is 1.05. The average Bonchev–Trinajstić information content (AvgIpc) is 2.43. The van der Waals surface area contributed by atoms with Gasteiger partial charge in [-0.05, 0) is 11.8 Å². The van der Waals surface area contributed by atoms with Gasteiger partial charge in [0.1, 0.15) is 5.82 Å². The second-order valence-electron chi connectivity index (χ2n) is 4.71. The Morgan fingerprint density at radius 3 is 2.54 bits per heavy atom. The Hall–Kier alpha value is -0.830. The van der Waals surface area contributed by atoms with Crippen molar-refractivity contribution in [1.82, 2.24) is 9.55 Å². The van der Waals surface area contributed by atoms with E-state index in [0.717, 1.165) is 12.2 Å². The molecular weight excluding hydrogens is 162 g/mol. The fourth-order valence-corrected chi connectivity index (χ4v) is 2.36. The van der Waals surface area contributed by atoms with E-state index in [4.69, 9.17) is 5.73 Å². The van der Waals surface area contributed by atoms with E-state index in [2.05, 4.69) is 23.4 Å². The highest BCUT2D eigenvalue weighted by molar-refractivity contribution is 5.29. The van der Waals surface area contributed by atoms with Crippen LogP contribution in [0.4, 0.5) is 0 Å². The number of aryl methyl sites for hydroxylation is 1. The van der Waals surface area contributed by atoms with E-state index in [1.807, 2.05) is 19.4 Å². The molecule has 0 aliphatic heterocycles. The third-order valence-corrected chi connectivity index (χ3v) is 3.51. The molecule has 0 radical (unpaired) electrons. The standard InChI is InChI=1S/C10H17N3/c1-9(2)6-10(9,7-11)8-12-4-5-13(8)3/h4-5H,6-7,11H2,1-3H3. The van der Waals surface area contributed by atoms with Crippen LogP contribution < -0.4 is 5.73 Å². The molecule has 0 saturated heterocycles. The lowest BCUT2D eigenvalue weighted by Crippen LogP contribution is -2.28. The molecule has 0 bridgehead atoms. The number of hydrogen-bond donors (Lipinski definition) is 1. The summed E-state index contributed by atoms with van der Waals surface area (Å²) in [5.41, 5.74) is 6.30. The minimum atomic E-state index is 0.130. The van der Waals surface area contributed by atoms with Crippen LogP contribution in [-0.4, -0.2) is 16.1 Å². The molecular formula is C10H17N3. The molecule has 1 aromatic rings. The Morgan fingerprint density at radius 2 is 2.23 bits per heavy atom. The minimum Gasteiger partial charge on any atom is -0.337 e. The molecule has 1 saturated carbocycles. The van der Waals surface area contributed by atoms with Crippen molar-refractivity contribution in [3.05, 3.63) is 18.2 Å². The van der Waals surface area contributed by atoms with E-state index >= 15 is 0 Å². The van der Waals surface area contributed by atoms with Gasteiger partial charge in [-0.3, -0.25) is 0 Å². The van der Waals surface area contributed by atoms with E-state index in [-0.39, 0.29) is 5.41 Å². The van der Waals surface area contributed by atoms with Gasteiger partial charge in [-0.15, -0.1) is 0 Å². The normalized spacial score (nSPS) is 30.5. The Balaban J connectivity index is 2.41. The van der Waals surface area contributed by atoms with Crippen LogP contribution in [0.5, 0.6) is 0 Å². The Labute approximate surface area is 79.0 Å². The van der Waals surface area contributed by atoms with Gasteiger partial charge in [0.2, 0.25) is 0 Å². The van der Waals surface area contributed by atoms with Crippen molar-refractivity contribution < 1.29 is 0 Å². The Bertz CT molecular complexity index is 327. The van der Waals surface area contributed by atoms with Gasteiger partial charge in [0.15, 0.2) is 0 Å². The number of imidazole rings is 1. The number of aromatic nitrogens is 2. The minimum absolute atomic E-state index is 0.130.